The molecule has 41 heavy (non-hydrogen) atoms. The molecule has 0 fully saturated rings. The van der Waals surface area contributed by atoms with E-state index in [0.717, 1.165) is 58.8 Å². The first-order chi connectivity index (χ1) is 18.9. The summed E-state index contributed by atoms with van der Waals surface area (Å²) < 4.78 is 65.6. The number of amidine groups is 2. The standard InChI is InChI=1S/C21H26Br2N4.2C2HF3O2/c22-18-10-6-16(7-11-18)20(24)26-14-4-2-1-3-5-15-27-21(25)17-8-12-19(23)13-9-17;2*3-2(4,5)1(6)7/h6-13H,1-5,14-15H2,(H2,24,26)(H2,25,27);2*(H,6,7). The SMILES string of the molecule is NC(=NCCCCCCCN=C(N)c1ccc(Br)cc1)c1ccc(Br)cc1.O=C(O)C(F)(F)F.O=C(O)C(F)(F)F. The van der Waals surface area contributed by atoms with Crippen molar-refractivity contribution in [3.63, 3.8) is 0 Å². The van der Waals surface area contributed by atoms with E-state index in [1.54, 1.807) is 0 Å². The molecule has 0 bridgehead atoms. The van der Waals surface area contributed by atoms with Gasteiger partial charge in [0, 0.05) is 33.2 Å². The van der Waals surface area contributed by atoms with E-state index in [2.05, 4.69) is 41.8 Å². The number of carboxylic acid groups (broad SMARTS) is 2. The quantitative estimate of drug-likeness (QED) is 0.0947. The van der Waals surface area contributed by atoms with Crippen LogP contribution in [0.5, 0.6) is 0 Å². The lowest BCUT2D eigenvalue weighted by Crippen LogP contribution is -2.21. The van der Waals surface area contributed by atoms with Gasteiger partial charge in [-0.25, -0.2) is 9.59 Å². The van der Waals surface area contributed by atoms with Gasteiger partial charge in [0.2, 0.25) is 0 Å². The Hall–Kier alpha value is -3.14. The molecule has 0 aliphatic carbocycles. The van der Waals surface area contributed by atoms with Crippen LogP contribution < -0.4 is 11.5 Å². The normalized spacial score (nSPS) is 12.0. The third-order valence-electron chi connectivity index (χ3n) is 4.65. The molecule has 0 amide bonds. The fourth-order valence-electron chi connectivity index (χ4n) is 2.58. The third-order valence-corrected chi connectivity index (χ3v) is 5.70. The van der Waals surface area contributed by atoms with Gasteiger partial charge < -0.3 is 21.7 Å². The molecule has 0 saturated carbocycles. The minimum atomic E-state index is -5.08. The van der Waals surface area contributed by atoms with Crippen LogP contribution in [0, 0.1) is 0 Å². The van der Waals surface area contributed by atoms with Crippen LogP contribution in [-0.4, -0.2) is 59.3 Å². The van der Waals surface area contributed by atoms with Crippen LogP contribution in [0.2, 0.25) is 0 Å². The zero-order valence-electron chi connectivity index (χ0n) is 21.4. The van der Waals surface area contributed by atoms with Crippen molar-refractivity contribution in [2.75, 3.05) is 13.1 Å². The number of benzene rings is 2. The highest BCUT2D eigenvalue weighted by molar-refractivity contribution is 9.10. The molecule has 0 aromatic heterocycles. The zero-order chi connectivity index (χ0) is 31.6. The number of halogens is 8. The summed E-state index contributed by atoms with van der Waals surface area (Å²) in [5.74, 6) is -4.29. The van der Waals surface area contributed by atoms with Gasteiger partial charge in [-0.1, -0.05) is 75.4 Å². The highest BCUT2D eigenvalue weighted by atomic mass is 79.9. The summed E-state index contributed by atoms with van der Waals surface area (Å²) in [6.07, 6.45) is -4.56. The number of aliphatic carboxylic acids is 2. The number of hydrogen-bond acceptors (Lipinski definition) is 4. The molecule has 0 aliphatic heterocycles. The van der Waals surface area contributed by atoms with E-state index in [4.69, 9.17) is 31.3 Å². The summed E-state index contributed by atoms with van der Waals surface area (Å²) in [7, 11) is 0. The molecule has 2 rings (SSSR count). The monoisotopic (exact) mass is 720 g/mol. The fourth-order valence-corrected chi connectivity index (χ4v) is 3.11. The van der Waals surface area contributed by atoms with E-state index in [9.17, 15) is 26.3 Å². The summed E-state index contributed by atoms with van der Waals surface area (Å²) in [6, 6.07) is 15.8. The van der Waals surface area contributed by atoms with E-state index >= 15 is 0 Å². The van der Waals surface area contributed by atoms with Crippen molar-refractivity contribution in [2.24, 2.45) is 21.5 Å². The largest absolute Gasteiger partial charge is 0.490 e. The Labute approximate surface area is 248 Å². The summed E-state index contributed by atoms with van der Waals surface area (Å²) in [4.78, 5) is 26.7. The molecular weight excluding hydrogens is 694 g/mol. The molecule has 228 valence electrons. The fraction of sp³-hybridized carbons (Fsp3) is 0.360. The second-order valence-electron chi connectivity index (χ2n) is 7.92. The number of unbranched alkanes of at least 4 members (excludes halogenated alkanes) is 4. The molecule has 0 unspecified atom stereocenters. The Kier molecular flexibility index (Phi) is 17.6. The van der Waals surface area contributed by atoms with Crippen LogP contribution >= 0.6 is 31.9 Å². The average molecular weight is 722 g/mol. The van der Waals surface area contributed by atoms with Gasteiger partial charge in [-0.3, -0.25) is 9.98 Å². The number of carbonyl (C=O) groups is 2. The van der Waals surface area contributed by atoms with Crippen LogP contribution in [0.15, 0.2) is 67.5 Å². The lowest BCUT2D eigenvalue weighted by Gasteiger charge is -2.03. The Morgan fingerprint density at radius 2 is 0.854 bits per heavy atom. The first-order valence-corrected chi connectivity index (χ1v) is 13.3. The van der Waals surface area contributed by atoms with Gasteiger partial charge in [0.05, 0.1) is 0 Å². The van der Waals surface area contributed by atoms with Crippen LogP contribution in [-0.2, 0) is 9.59 Å². The van der Waals surface area contributed by atoms with Gasteiger partial charge in [0.25, 0.3) is 0 Å². The first-order valence-electron chi connectivity index (χ1n) is 11.7. The van der Waals surface area contributed by atoms with Crippen molar-refractivity contribution in [1.29, 1.82) is 0 Å². The molecule has 2 aromatic carbocycles. The molecular formula is C25H28Br2F6N4O4. The molecule has 2 aromatic rings. The van der Waals surface area contributed by atoms with Gasteiger partial charge in [0.1, 0.15) is 11.7 Å². The molecule has 0 radical (unpaired) electrons. The maximum absolute atomic E-state index is 10.6. The summed E-state index contributed by atoms with van der Waals surface area (Å²) >= 11 is 6.84. The van der Waals surface area contributed by atoms with Crippen LogP contribution in [0.4, 0.5) is 26.3 Å². The Balaban J connectivity index is 0.000000941. The predicted octanol–water partition coefficient (Wildman–Crippen LogP) is 6.54. The number of hydrogen-bond donors (Lipinski definition) is 4. The van der Waals surface area contributed by atoms with Crippen molar-refractivity contribution in [2.45, 2.75) is 44.5 Å². The molecule has 0 spiro atoms. The zero-order valence-corrected chi connectivity index (χ0v) is 24.5. The molecule has 8 nitrogen and oxygen atoms in total. The highest BCUT2D eigenvalue weighted by Gasteiger charge is 2.38. The van der Waals surface area contributed by atoms with E-state index in [1.807, 2.05) is 48.5 Å². The number of carboxylic acids is 2. The van der Waals surface area contributed by atoms with Gasteiger partial charge in [-0.05, 0) is 37.1 Å². The summed E-state index contributed by atoms with van der Waals surface area (Å²) in [5, 5.41) is 14.2. The molecule has 0 atom stereocenters. The van der Waals surface area contributed by atoms with E-state index in [-0.39, 0.29) is 0 Å². The highest BCUT2D eigenvalue weighted by Crippen LogP contribution is 2.14. The predicted molar refractivity (Wildman–Crippen MR) is 150 cm³/mol. The number of nitrogens with two attached hydrogens (primary N) is 2. The molecule has 0 saturated heterocycles. The molecule has 16 heteroatoms. The van der Waals surface area contributed by atoms with Crippen LogP contribution in [0.25, 0.3) is 0 Å². The Morgan fingerprint density at radius 3 is 1.10 bits per heavy atom. The van der Waals surface area contributed by atoms with Crippen LogP contribution in [0.3, 0.4) is 0 Å². The van der Waals surface area contributed by atoms with Gasteiger partial charge in [-0.15, -0.1) is 0 Å². The minimum Gasteiger partial charge on any atom is -0.475 e. The number of aliphatic imine (C=N–C) groups is 2. The van der Waals surface area contributed by atoms with E-state index in [0.29, 0.717) is 11.7 Å². The topological polar surface area (TPSA) is 151 Å². The molecule has 0 heterocycles. The molecule has 6 N–H and O–H groups in total. The Morgan fingerprint density at radius 1 is 0.610 bits per heavy atom. The van der Waals surface area contributed by atoms with Gasteiger partial charge in [0.15, 0.2) is 0 Å². The van der Waals surface area contributed by atoms with E-state index < -0.39 is 24.3 Å². The van der Waals surface area contributed by atoms with Gasteiger partial charge in [-0.2, -0.15) is 26.3 Å². The van der Waals surface area contributed by atoms with Crippen LogP contribution in [0.1, 0.15) is 43.2 Å². The van der Waals surface area contributed by atoms with E-state index in [1.165, 1.54) is 6.42 Å². The molecule has 0 aliphatic rings. The average Bonchev–Trinajstić information content (AvgIpc) is 2.88. The van der Waals surface area contributed by atoms with Crippen molar-refractivity contribution < 1.29 is 46.1 Å². The first kappa shape index (κ1) is 37.9. The smallest absolute Gasteiger partial charge is 0.475 e. The maximum atomic E-state index is 10.6. The summed E-state index contributed by atoms with van der Waals surface area (Å²) in [6.45, 7) is 1.55. The number of rotatable bonds is 10. The van der Waals surface area contributed by atoms with Crippen molar-refractivity contribution in [1.82, 2.24) is 0 Å². The van der Waals surface area contributed by atoms with Crippen molar-refractivity contribution in [3.05, 3.63) is 68.6 Å². The minimum absolute atomic E-state index is 0.611. The van der Waals surface area contributed by atoms with Crippen molar-refractivity contribution in [3.8, 4) is 0 Å². The maximum Gasteiger partial charge on any atom is 0.490 e. The second-order valence-corrected chi connectivity index (χ2v) is 9.75. The van der Waals surface area contributed by atoms with Gasteiger partial charge >= 0.3 is 24.3 Å². The third kappa shape index (κ3) is 18.8. The Bertz CT molecular complexity index is 1050. The van der Waals surface area contributed by atoms with Crippen molar-refractivity contribution >= 4 is 55.5 Å². The summed E-state index contributed by atoms with van der Waals surface area (Å²) in [5.41, 5.74) is 14.0. The lowest BCUT2D eigenvalue weighted by atomic mass is 10.1. The number of nitrogens with zero attached hydrogens (tertiary/aromatic N) is 2. The number of alkyl halides is 6. The second kappa shape index (κ2) is 19.1. The lowest BCUT2D eigenvalue weighted by molar-refractivity contribution is -0.193.